The van der Waals surface area contributed by atoms with Crippen LogP contribution in [0.2, 0.25) is 0 Å². The molecule has 4 heteroatoms. The molecule has 0 saturated heterocycles. The second-order valence-electron chi connectivity index (χ2n) is 5.22. The summed E-state index contributed by atoms with van der Waals surface area (Å²) in [6.45, 7) is 2.74. The third kappa shape index (κ3) is 5.29. The molecule has 4 nitrogen and oxygen atoms in total. The van der Waals surface area contributed by atoms with E-state index in [1.165, 1.54) is 0 Å². The number of hydrogen-bond acceptors (Lipinski definition) is 4. The van der Waals surface area contributed by atoms with Crippen molar-refractivity contribution in [2.75, 3.05) is 13.2 Å². The van der Waals surface area contributed by atoms with Gasteiger partial charge in [0.1, 0.15) is 12.6 Å². The van der Waals surface area contributed by atoms with E-state index >= 15 is 0 Å². The average molecular weight is 320 g/mol. The van der Waals surface area contributed by atoms with Gasteiger partial charge in [-0.1, -0.05) is 60.7 Å². The summed E-state index contributed by atoms with van der Waals surface area (Å²) < 4.78 is 5.04. The number of carbonyl (C=O) groups is 1. The lowest BCUT2D eigenvalue weighted by Gasteiger charge is -2.20. The van der Waals surface area contributed by atoms with Gasteiger partial charge in [-0.25, -0.2) is 0 Å². The first-order valence-electron chi connectivity index (χ1n) is 7.84. The molecule has 0 radical (unpaired) electrons. The van der Waals surface area contributed by atoms with Gasteiger partial charge in [0, 0.05) is 12.7 Å². The molecular weight excluding hydrogens is 300 g/mol. The molecule has 2 aromatic carbocycles. The Bertz CT molecular complexity index is 718. The fourth-order valence-electron chi connectivity index (χ4n) is 2.31. The van der Waals surface area contributed by atoms with Gasteiger partial charge in [0.05, 0.1) is 12.2 Å². The first kappa shape index (κ1) is 17.3. The highest BCUT2D eigenvalue weighted by atomic mass is 16.5. The molecule has 0 unspecified atom stereocenters. The Hall–Kier alpha value is -3.06. The second-order valence-corrected chi connectivity index (χ2v) is 5.22. The topological polar surface area (TPSA) is 53.3 Å². The van der Waals surface area contributed by atoms with E-state index in [4.69, 9.17) is 4.74 Å². The quantitative estimate of drug-likeness (QED) is 0.577. The molecule has 0 aromatic heterocycles. The van der Waals surface area contributed by atoms with Crippen LogP contribution in [-0.4, -0.2) is 24.0 Å². The maximum Gasteiger partial charge on any atom is 0.325 e. The summed E-state index contributed by atoms with van der Waals surface area (Å²) in [5.74, 6) is -0.310. The van der Waals surface area contributed by atoms with Gasteiger partial charge in [-0.15, -0.1) is 0 Å². The van der Waals surface area contributed by atoms with Crippen LogP contribution in [0.4, 0.5) is 0 Å². The molecule has 24 heavy (non-hydrogen) atoms. The molecule has 0 fully saturated rings. The molecule has 2 aromatic rings. The van der Waals surface area contributed by atoms with Crippen molar-refractivity contribution in [2.45, 2.75) is 13.5 Å². The molecule has 0 spiro atoms. The number of ether oxygens (including phenoxy) is 1. The molecule has 0 aliphatic heterocycles. The summed E-state index contributed by atoms with van der Waals surface area (Å²) in [6.07, 6.45) is 1.72. The van der Waals surface area contributed by atoms with E-state index in [1.807, 2.05) is 60.7 Å². The van der Waals surface area contributed by atoms with Gasteiger partial charge in [0.25, 0.3) is 0 Å². The Balaban J connectivity index is 2.25. The Kier molecular flexibility index (Phi) is 6.60. The Labute approximate surface area is 142 Å². The van der Waals surface area contributed by atoms with Crippen LogP contribution in [0.1, 0.15) is 18.1 Å². The summed E-state index contributed by atoms with van der Waals surface area (Å²) in [4.78, 5) is 13.7. The van der Waals surface area contributed by atoms with Crippen molar-refractivity contribution >= 4 is 11.5 Å². The fourth-order valence-corrected chi connectivity index (χ4v) is 2.31. The molecular formula is C20H20N2O2. The molecule has 0 saturated carbocycles. The van der Waals surface area contributed by atoms with E-state index in [9.17, 15) is 10.1 Å². The highest BCUT2D eigenvalue weighted by Gasteiger charge is 2.11. The highest BCUT2D eigenvalue weighted by Crippen LogP contribution is 2.15. The Morgan fingerprint density at radius 2 is 1.75 bits per heavy atom. The van der Waals surface area contributed by atoms with E-state index in [1.54, 1.807) is 18.0 Å². The molecule has 0 aliphatic carbocycles. The van der Waals surface area contributed by atoms with Crippen LogP contribution in [0, 0.1) is 11.3 Å². The first-order chi connectivity index (χ1) is 11.7. The molecule has 0 N–H and O–H groups in total. The third-order valence-electron chi connectivity index (χ3n) is 3.38. The smallest absolute Gasteiger partial charge is 0.325 e. The lowest BCUT2D eigenvalue weighted by atomic mass is 10.1. The van der Waals surface area contributed by atoms with Gasteiger partial charge in [0.2, 0.25) is 0 Å². The van der Waals surface area contributed by atoms with Crippen molar-refractivity contribution in [3.63, 3.8) is 0 Å². The lowest BCUT2D eigenvalue weighted by Crippen LogP contribution is -2.26. The molecule has 0 bridgehead atoms. The van der Waals surface area contributed by atoms with Crippen LogP contribution in [-0.2, 0) is 16.1 Å². The fraction of sp³-hybridized carbons (Fsp3) is 0.200. The molecule has 0 amide bonds. The van der Waals surface area contributed by atoms with Gasteiger partial charge in [0.15, 0.2) is 0 Å². The Morgan fingerprint density at radius 3 is 2.33 bits per heavy atom. The van der Waals surface area contributed by atoms with Crippen molar-refractivity contribution in [1.82, 2.24) is 4.90 Å². The van der Waals surface area contributed by atoms with Crippen molar-refractivity contribution in [1.29, 1.82) is 5.26 Å². The first-order valence-corrected chi connectivity index (χ1v) is 7.84. The van der Waals surface area contributed by atoms with E-state index in [0.717, 1.165) is 11.1 Å². The number of nitrogens with zero attached hydrogens (tertiary/aromatic N) is 2. The van der Waals surface area contributed by atoms with Crippen LogP contribution in [0.5, 0.6) is 0 Å². The second kappa shape index (κ2) is 9.16. The van der Waals surface area contributed by atoms with Gasteiger partial charge in [-0.3, -0.25) is 4.79 Å². The summed E-state index contributed by atoms with van der Waals surface area (Å²) >= 11 is 0. The SMILES string of the molecule is CCOC(=O)CN(/C=C(/C#N)c1ccccc1)Cc1ccccc1. The summed E-state index contributed by atoms with van der Waals surface area (Å²) in [7, 11) is 0. The van der Waals surface area contributed by atoms with E-state index in [0.29, 0.717) is 18.7 Å². The van der Waals surface area contributed by atoms with E-state index in [2.05, 4.69) is 6.07 Å². The van der Waals surface area contributed by atoms with Crippen molar-refractivity contribution in [3.8, 4) is 6.07 Å². The number of esters is 1. The zero-order valence-electron chi connectivity index (χ0n) is 13.7. The zero-order valence-corrected chi connectivity index (χ0v) is 13.7. The van der Waals surface area contributed by atoms with Crippen molar-refractivity contribution in [2.24, 2.45) is 0 Å². The maximum absolute atomic E-state index is 11.9. The van der Waals surface area contributed by atoms with Gasteiger partial charge < -0.3 is 9.64 Å². The molecule has 122 valence electrons. The summed E-state index contributed by atoms with van der Waals surface area (Å²) in [5.41, 5.74) is 2.39. The third-order valence-corrected chi connectivity index (χ3v) is 3.38. The van der Waals surface area contributed by atoms with Crippen LogP contribution >= 0.6 is 0 Å². The standard InChI is InChI=1S/C20H20N2O2/c1-2-24-20(23)16-22(14-17-9-5-3-6-10-17)15-19(13-21)18-11-7-4-8-12-18/h3-12,15H,2,14,16H2,1H3/b19-15-. The number of nitriles is 1. The normalized spacial score (nSPS) is 10.8. The average Bonchev–Trinajstić information content (AvgIpc) is 2.61. The highest BCUT2D eigenvalue weighted by molar-refractivity contribution is 5.77. The lowest BCUT2D eigenvalue weighted by molar-refractivity contribution is -0.143. The number of allylic oxidation sites excluding steroid dienone is 1. The number of rotatable bonds is 7. The molecule has 0 atom stereocenters. The number of carbonyl (C=O) groups excluding carboxylic acids is 1. The van der Waals surface area contributed by atoms with Crippen molar-refractivity contribution in [3.05, 3.63) is 78.0 Å². The zero-order chi connectivity index (χ0) is 17.2. The summed E-state index contributed by atoms with van der Waals surface area (Å²) in [5, 5.41) is 9.47. The van der Waals surface area contributed by atoms with E-state index < -0.39 is 0 Å². The van der Waals surface area contributed by atoms with Crippen LogP contribution < -0.4 is 0 Å². The summed E-state index contributed by atoms with van der Waals surface area (Å²) in [6, 6.07) is 21.4. The van der Waals surface area contributed by atoms with Gasteiger partial charge >= 0.3 is 5.97 Å². The molecule has 0 aliphatic rings. The minimum Gasteiger partial charge on any atom is -0.465 e. The Morgan fingerprint density at radius 1 is 1.12 bits per heavy atom. The van der Waals surface area contributed by atoms with Crippen molar-refractivity contribution < 1.29 is 9.53 Å². The minimum atomic E-state index is -0.310. The van der Waals surface area contributed by atoms with Gasteiger partial charge in [-0.05, 0) is 18.1 Å². The van der Waals surface area contributed by atoms with E-state index in [-0.39, 0.29) is 12.5 Å². The predicted molar refractivity (Wildman–Crippen MR) is 93.5 cm³/mol. The number of hydrogen-bond donors (Lipinski definition) is 0. The molecule has 2 rings (SSSR count). The monoisotopic (exact) mass is 320 g/mol. The number of benzene rings is 2. The van der Waals surface area contributed by atoms with Crippen LogP contribution in [0.25, 0.3) is 5.57 Å². The predicted octanol–water partition coefficient (Wildman–Crippen LogP) is 3.62. The maximum atomic E-state index is 11.9. The molecule has 0 heterocycles. The minimum absolute atomic E-state index is 0.0980. The van der Waals surface area contributed by atoms with Gasteiger partial charge in [-0.2, -0.15) is 5.26 Å². The van der Waals surface area contributed by atoms with Crippen LogP contribution in [0.15, 0.2) is 66.9 Å². The largest absolute Gasteiger partial charge is 0.465 e. The van der Waals surface area contributed by atoms with Crippen LogP contribution in [0.3, 0.4) is 0 Å².